The lowest BCUT2D eigenvalue weighted by Crippen LogP contribution is -2.28. The molecule has 2 N–H and O–H groups in total. The molecule has 3 aromatic rings. The van der Waals surface area contributed by atoms with Gasteiger partial charge in [-0.25, -0.2) is 0 Å². The number of methoxy groups -OCH3 is 1. The van der Waals surface area contributed by atoms with Crippen molar-refractivity contribution in [3.05, 3.63) is 69.5 Å². The highest BCUT2D eigenvalue weighted by molar-refractivity contribution is 7.99. The van der Waals surface area contributed by atoms with Gasteiger partial charge in [0.15, 0.2) is 11.0 Å². The number of nitro groups is 1. The van der Waals surface area contributed by atoms with Crippen LogP contribution in [0.1, 0.15) is 34.7 Å². The van der Waals surface area contributed by atoms with Crippen molar-refractivity contribution in [2.75, 3.05) is 18.2 Å². The van der Waals surface area contributed by atoms with Crippen molar-refractivity contribution >= 4 is 35.0 Å². The van der Waals surface area contributed by atoms with E-state index in [4.69, 9.17) is 4.74 Å². The maximum absolute atomic E-state index is 12.5. The number of nitrogens with zero attached hydrogens (tertiary/aromatic N) is 4. The fourth-order valence-electron chi connectivity index (χ4n) is 3.09. The first-order chi connectivity index (χ1) is 16.2. The summed E-state index contributed by atoms with van der Waals surface area (Å²) in [6.45, 7) is 3.54. The lowest BCUT2D eigenvalue weighted by molar-refractivity contribution is -0.384. The molecule has 0 bridgehead atoms. The Hall–Kier alpha value is -3.93. The molecule has 178 valence electrons. The number of hydrogen-bond acceptors (Lipinski definition) is 8. The molecule has 0 saturated heterocycles. The van der Waals surface area contributed by atoms with Crippen molar-refractivity contribution in [2.24, 2.45) is 7.05 Å². The first-order valence-corrected chi connectivity index (χ1v) is 11.2. The molecule has 0 radical (unpaired) electrons. The van der Waals surface area contributed by atoms with Crippen LogP contribution in [0.5, 0.6) is 5.75 Å². The molecule has 0 aliphatic rings. The van der Waals surface area contributed by atoms with E-state index >= 15 is 0 Å². The summed E-state index contributed by atoms with van der Waals surface area (Å²) in [5, 5.41) is 25.3. The van der Waals surface area contributed by atoms with Crippen LogP contribution in [-0.2, 0) is 11.8 Å². The van der Waals surface area contributed by atoms with Crippen molar-refractivity contribution in [2.45, 2.75) is 25.0 Å². The predicted molar refractivity (Wildman–Crippen MR) is 127 cm³/mol. The number of thioether (sulfide) groups is 1. The lowest BCUT2D eigenvalue weighted by atomic mass is 10.2. The number of rotatable bonds is 9. The van der Waals surface area contributed by atoms with E-state index in [1.165, 1.54) is 23.9 Å². The van der Waals surface area contributed by atoms with E-state index in [-0.39, 0.29) is 23.3 Å². The zero-order valence-corrected chi connectivity index (χ0v) is 19.9. The molecule has 1 heterocycles. The van der Waals surface area contributed by atoms with E-state index < -0.39 is 11.0 Å². The number of benzene rings is 2. The van der Waals surface area contributed by atoms with E-state index in [2.05, 4.69) is 20.8 Å². The number of nitrogens with one attached hydrogen (secondary N) is 2. The van der Waals surface area contributed by atoms with Crippen molar-refractivity contribution in [1.29, 1.82) is 0 Å². The van der Waals surface area contributed by atoms with Crippen LogP contribution in [0.4, 0.5) is 11.4 Å². The molecule has 0 fully saturated rings. The molecule has 34 heavy (non-hydrogen) atoms. The molecule has 0 aliphatic heterocycles. The first kappa shape index (κ1) is 24.7. The van der Waals surface area contributed by atoms with Crippen LogP contribution >= 0.6 is 11.8 Å². The quantitative estimate of drug-likeness (QED) is 0.268. The maximum Gasteiger partial charge on any atom is 0.271 e. The summed E-state index contributed by atoms with van der Waals surface area (Å²) in [5.74, 6) is 0.613. The van der Waals surface area contributed by atoms with Crippen LogP contribution in [-0.4, -0.2) is 44.4 Å². The average Bonchev–Trinajstić information content (AvgIpc) is 3.19. The second-order valence-corrected chi connectivity index (χ2v) is 8.36. The summed E-state index contributed by atoms with van der Waals surface area (Å²) in [6, 6.07) is 10.6. The average molecular weight is 485 g/mol. The molecule has 1 atom stereocenters. The molecule has 3 rings (SSSR count). The summed E-state index contributed by atoms with van der Waals surface area (Å²) in [6.07, 6.45) is 0. The van der Waals surface area contributed by atoms with E-state index in [0.717, 1.165) is 0 Å². The highest BCUT2D eigenvalue weighted by atomic mass is 32.2. The Labute approximate surface area is 200 Å². The fourth-order valence-corrected chi connectivity index (χ4v) is 3.81. The van der Waals surface area contributed by atoms with Gasteiger partial charge in [0, 0.05) is 24.7 Å². The summed E-state index contributed by atoms with van der Waals surface area (Å²) in [5.41, 5.74) is 1.48. The van der Waals surface area contributed by atoms with Crippen molar-refractivity contribution < 1.29 is 19.2 Å². The van der Waals surface area contributed by atoms with Gasteiger partial charge in [-0.05, 0) is 43.7 Å². The van der Waals surface area contributed by atoms with E-state index in [1.807, 2.05) is 0 Å². The van der Waals surface area contributed by atoms with Crippen LogP contribution in [0.25, 0.3) is 0 Å². The van der Waals surface area contributed by atoms with E-state index in [0.29, 0.717) is 33.5 Å². The van der Waals surface area contributed by atoms with Crippen LogP contribution in [0.3, 0.4) is 0 Å². The third-order valence-corrected chi connectivity index (χ3v) is 6.01. The number of aryl methyl sites for hydroxylation is 1. The largest absolute Gasteiger partial charge is 0.497 e. The van der Waals surface area contributed by atoms with Crippen molar-refractivity contribution in [1.82, 2.24) is 20.1 Å². The number of amides is 2. The van der Waals surface area contributed by atoms with Crippen LogP contribution in [0.15, 0.2) is 47.6 Å². The Morgan fingerprint density at radius 2 is 1.91 bits per heavy atom. The Morgan fingerprint density at radius 3 is 2.56 bits per heavy atom. The Balaban J connectivity index is 1.59. The second kappa shape index (κ2) is 10.8. The number of anilines is 1. The molecular weight excluding hydrogens is 460 g/mol. The highest BCUT2D eigenvalue weighted by Crippen LogP contribution is 2.23. The smallest absolute Gasteiger partial charge is 0.271 e. The van der Waals surface area contributed by atoms with Crippen LogP contribution in [0, 0.1) is 17.0 Å². The third kappa shape index (κ3) is 5.90. The molecule has 1 aromatic heterocycles. The van der Waals surface area contributed by atoms with Crippen molar-refractivity contribution in [3.63, 3.8) is 0 Å². The Kier molecular flexibility index (Phi) is 7.84. The minimum absolute atomic E-state index is 0.0285. The molecule has 0 aliphatic carbocycles. The summed E-state index contributed by atoms with van der Waals surface area (Å²) in [7, 11) is 3.30. The van der Waals surface area contributed by atoms with Gasteiger partial charge in [0.1, 0.15) is 5.75 Å². The van der Waals surface area contributed by atoms with E-state index in [1.54, 1.807) is 62.9 Å². The third-order valence-electron chi connectivity index (χ3n) is 4.99. The molecule has 2 aromatic carbocycles. The molecule has 0 saturated carbocycles. The number of hydrogen-bond donors (Lipinski definition) is 2. The minimum atomic E-state index is -0.514. The van der Waals surface area contributed by atoms with Gasteiger partial charge in [0.25, 0.3) is 11.6 Å². The van der Waals surface area contributed by atoms with Gasteiger partial charge in [-0.15, -0.1) is 10.2 Å². The SMILES string of the molecule is COc1ccc(C(=O)NC(C)c2nnc(SCC(=O)Nc3cc([N+](=O)[O-])ccc3C)n2C)cc1. The normalized spacial score (nSPS) is 11.5. The fraction of sp³-hybridized carbons (Fsp3) is 0.273. The zero-order chi connectivity index (χ0) is 24.8. The number of carbonyl (C=O) groups is 2. The van der Waals surface area contributed by atoms with Gasteiger partial charge >= 0.3 is 0 Å². The maximum atomic E-state index is 12.5. The summed E-state index contributed by atoms with van der Waals surface area (Å²) in [4.78, 5) is 35.4. The van der Waals surface area contributed by atoms with Gasteiger partial charge in [-0.3, -0.25) is 19.7 Å². The summed E-state index contributed by atoms with van der Waals surface area (Å²) < 4.78 is 6.80. The number of carbonyl (C=O) groups excluding carboxylic acids is 2. The molecular formula is C22H24N6O5S. The lowest BCUT2D eigenvalue weighted by Gasteiger charge is -2.14. The molecule has 2 amide bonds. The monoisotopic (exact) mass is 484 g/mol. The van der Waals surface area contributed by atoms with Gasteiger partial charge < -0.3 is 19.9 Å². The summed E-state index contributed by atoms with van der Waals surface area (Å²) >= 11 is 1.17. The molecule has 1 unspecified atom stereocenters. The van der Waals surface area contributed by atoms with E-state index in [9.17, 15) is 19.7 Å². The van der Waals surface area contributed by atoms with Gasteiger partial charge in [-0.1, -0.05) is 17.8 Å². The standard InChI is InChI=1S/C22H24N6O5S/c1-13-5-8-16(28(31)32)11-18(13)24-19(29)12-34-22-26-25-20(27(22)3)14(2)23-21(30)15-6-9-17(33-4)10-7-15/h5-11,14H,12H2,1-4H3,(H,23,30)(H,24,29). The van der Waals surface area contributed by atoms with Crippen molar-refractivity contribution in [3.8, 4) is 5.75 Å². The predicted octanol–water partition coefficient (Wildman–Crippen LogP) is 3.26. The van der Waals surface area contributed by atoms with Crippen LogP contribution < -0.4 is 15.4 Å². The molecule has 0 spiro atoms. The topological polar surface area (TPSA) is 141 Å². The number of ether oxygens (including phenoxy) is 1. The number of non-ortho nitro benzene ring substituents is 1. The molecule has 11 nitrogen and oxygen atoms in total. The first-order valence-electron chi connectivity index (χ1n) is 10.2. The second-order valence-electron chi connectivity index (χ2n) is 7.42. The minimum Gasteiger partial charge on any atom is -0.497 e. The molecule has 12 heteroatoms. The number of aromatic nitrogens is 3. The Bertz CT molecular complexity index is 1210. The van der Waals surface area contributed by atoms with Crippen LogP contribution in [0.2, 0.25) is 0 Å². The Morgan fingerprint density at radius 1 is 1.21 bits per heavy atom. The van der Waals surface area contributed by atoms with Gasteiger partial charge in [-0.2, -0.15) is 0 Å². The van der Waals surface area contributed by atoms with Gasteiger partial charge in [0.05, 0.1) is 29.5 Å². The zero-order valence-electron chi connectivity index (χ0n) is 19.1. The van der Waals surface area contributed by atoms with Gasteiger partial charge in [0.2, 0.25) is 5.91 Å². The number of nitro benzene ring substituents is 1. The highest BCUT2D eigenvalue weighted by Gasteiger charge is 2.19.